The van der Waals surface area contributed by atoms with Gasteiger partial charge in [-0.3, -0.25) is 0 Å². The molecule has 0 saturated carbocycles. The molecule has 0 fully saturated rings. The molecule has 0 aliphatic rings. The maximum Gasteiger partial charge on any atom is 0.133 e. The van der Waals surface area contributed by atoms with Gasteiger partial charge in [-0.2, -0.15) is 0 Å². The van der Waals surface area contributed by atoms with Gasteiger partial charge in [0.25, 0.3) is 0 Å². The summed E-state index contributed by atoms with van der Waals surface area (Å²) in [5.74, 6) is -0.362. The second-order valence-electron chi connectivity index (χ2n) is 2.03. The molecule has 0 heterocycles. The number of rotatable bonds is 1. The second kappa shape index (κ2) is 3.37. The van der Waals surface area contributed by atoms with Crippen LogP contribution in [0.4, 0.5) is 4.39 Å². The molecule has 0 spiro atoms. The van der Waals surface area contributed by atoms with E-state index in [1.165, 1.54) is 6.07 Å². The van der Waals surface area contributed by atoms with Crippen LogP contribution in [-0.4, -0.2) is 0 Å². The van der Waals surface area contributed by atoms with Gasteiger partial charge in [-0.05, 0) is 18.2 Å². The van der Waals surface area contributed by atoms with E-state index < -0.39 is 0 Å². The lowest BCUT2D eigenvalue weighted by Gasteiger charge is -1.99. The largest absolute Gasteiger partial charge is 0.206 e. The third-order valence-electron chi connectivity index (χ3n) is 1.22. The number of benzene rings is 1. The Balaban J connectivity index is 3.20. The highest BCUT2D eigenvalue weighted by molar-refractivity contribution is 9.15. The zero-order valence-electron chi connectivity index (χ0n) is 5.57. The van der Waals surface area contributed by atoms with Crippen molar-refractivity contribution in [1.29, 1.82) is 0 Å². The predicted molar refractivity (Wildman–Crippen MR) is 49.4 cm³/mol. The van der Waals surface area contributed by atoms with E-state index in [2.05, 4.69) is 22.5 Å². The van der Waals surface area contributed by atoms with Gasteiger partial charge in [0.2, 0.25) is 0 Å². The molecular formula is C8H5BrClF. The molecule has 0 aliphatic carbocycles. The predicted octanol–water partition coefficient (Wildman–Crippen LogP) is 3.84. The van der Waals surface area contributed by atoms with Crippen molar-refractivity contribution in [2.45, 2.75) is 0 Å². The molecule has 11 heavy (non-hydrogen) atoms. The topological polar surface area (TPSA) is 0 Å². The van der Waals surface area contributed by atoms with Crippen LogP contribution >= 0.6 is 27.5 Å². The third-order valence-corrected chi connectivity index (χ3v) is 1.89. The molecule has 1 rings (SSSR count). The van der Waals surface area contributed by atoms with Gasteiger partial charge in [-0.25, -0.2) is 4.39 Å². The Kier molecular flexibility index (Phi) is 2.68. The average Bonchev–Trinajstić information content (AvgIpc) is 1.85. The van der Waals surface area contributed by atoms with E-state index in [0.717, 1.165) is 0 Å². The molecule has 58 valence electrons. The van der Waals surface area contributed by atoms with E-state index in [0.29, 0.717) is 15.1 Å². The summed E-state index contributed by atoms with van der Waals surface area (Å²) in [6.07, 6.45) is 0. The minimum Gasteiger partial charge on any atom is -0.206 e. The summed E-state index contributed by atoms with van der Waals surface area (Å²) in [6.45, 7) is 3.55. The van der Waals surface area contributed by atoms with Gasteiger partial charge in [0.05, 0.1) is 0 Å². The Hall–Kier alpha value is -0.340. The molecule has 1 aromatic rings. The van der Waals surface area contributed by atoms with E-state index in [4.69, 9.17) is 11.6 Å². The molecule has 0 bridgehead atoms. The van der Waals surface area contributed by atoms with Crippen LogP contribution < -0.4 is 0 Å². The van der Waals surface area contributed by atoms with E-state index in [1.807, 2.05) is 0 Å². The molecule has 0 radical (unpaired) electrons. The first-order chi connectivity index (χ1) is 5.11. The number of hydrogen-bond acceptors (Lipinski definition) is 0. The fourth-order valence-electron chi connectivity index (χ4n) is 0.709. The van der Waals surface area contributed by atoms with Crippen LogP contribution in [0.5, 0.6) is 0 Å². The summed E-state index contributed by atoms with van der Waals surface area (Å²) in [6, 6.07) is 4.45. The van der Waals surface area contributed by atoms with Gasteiger partial charge in [0.1, 0.15) is 5.82 Å². The van der Waals surface area contributed by atoms with Gasteiger partial charge in [0.15, 0.2) is 0 Å². The van der Waals surface area contributed by atoms with Gasteiger partial charge < -0.3 is 0 Å². The standard InChI is InChI=1S/C8H5BrClF/c1-5(9)7-3-2-6(10)4-8(7)11/h2-4H,1H2. The molecule has 0 N–H and O–H groups in total. The van der Waals surface area contributed by atoms with Crippen LogP contribution in [0.15, 0.2) is 24.8 Å². The summed E-state index contributed by atoms with van der Waals surface area (Å²) in [5.41, 5.74) is 0.439. The monoisotopic (exact) mass is 234 g/mol. The Morgan fingerprint density at radius 3 is 2.64 bits per heavy atom. The van der Waals surface area contributed by atoms with Crippen LogP contribution in [0, 0.1) is 5.82 Å². The summed E-state index contributed by atoms with van der Waals surface area (Å²) < 4.78 is 13.4. The lowest BCUT2D eigenvalue weighted by Crippen LogP contribution is -1.82. The van der Waals surface area contributed by atoms with E-state index in [-0.39, 0.29) is 5.82 Å². The van der Waals surface area contributed by atoms with Crippen LogP contribution in [0.25, 0.3) is 4.48 Å². The third kappa shape index (κ3) is 2.04. The van der Waals surface area contributed by atoms with Gasteiger partial charge >= 0.3 is 0 Å². The van der Waals surface area contributed by atoms with Crippen LogP contribution in [0.3, 0.4) is 0 Å². The van der Waals surface area contributed by atoms with Crippen LogP contribution in [0.2, 0.25) is 5.02 Å². The quantitative estimate of drug-likeness (QED) is 0.694. The van der Waals surface area contributed by atoms with Crippen LogP contribution in [-0.2, 0) is 0 Å². The maximum absolute atomic E-state index is 12.9. The molecule has 0 unspecified atom stereocenters. The van der Waals surface area contributed by atoms with E-state index in [9.17, 15) is 4.39 Å². The summed E-state index contributed by atoms with van der Waals surface area (Å²) >= 11 is 8.62. The molecule has 3 heteroatoms. The Morgan fingerprint density at radius 1 is 1.55 bits per heavy atom. The highest BCUT2D eigenvalue weighted by atomic mass is 79.9. The first-order valence-electron chi connectivity index (χ1n) is 2.91. The highest BCUT2D eigenvalue weighted by Crippen LogP contribution is 2.23. The zero-order chi connectivity index (χ0) is 8.43. The fourth-order valence-corrected chi connectivity index (χ4v) is 1.19. The van der Waals surface area contributed by atoms with Crippen molar-refractivity contribution in [2.75, 3.05) is 0 Å². The lowest BCUT2D eigenvalue weighted by molar-refractivity contribution is 0.625. The number of hydrogen-bond donors (Lipinski definition) is 0. The summed E-state index contributed by atoms with van der Waals surface area (Å²) in [4.78, 5) is 0. The van der Waals surface area contributed by atoms with Crippen LogP contribution in [0.1, 0.15) is 5.56 Å². The molecule has 1 aromatic carbocycles. The smallest absolute Gasteiger partial charge is 0.133 e. The van der Waals surface area contributed by atoms with Crippen molar-refractivity contribution in [1.82, 2.24) is 0 Å². The molecule has 0 saturated heterocycles. The lowest BCUT2D eigenvalue weighted by atomic mass is 10.2. The molecule has 0 aliphatic heterocycles. The second-order valence-corrected chi connectivity index (χ2v) is 3.42. The van der Waals surface area contributed by atoms with Crippen molar-refractivity contribution in [3.8, 4) is 0 Å². The van der Waals surface area contributed by atoms with Crippen molar-refractivity contribution < 1.29 is 4.39 Å². The zero-order valence-corrected chi connectivity index (χ0v) is 7.91. The van der Waals surface area contributed by atoms with Gasteiger partial charge in [0, 0.05) is 15.1 Å². The fraction of sp³-hybridized carbons (Fsp3) is 0. The molecular weight excluding hydrogens is 230 g/mol. The average molecular weight is 235 g/mol. The Labute approximate surface area is 77.8 Å². The molecule has 0 amide bonds. The minimum absolute atomic E-state index is 0.362. The first kappa shape index (κ1) is 8.75. The Bertz CT molecular complexity index is 296. The van der Waals surface area contributed by atoms with Crippen molar-refractivity contribution >= 4 is 32.0 Å². The van der Waals surface area contributed by atoms with Crippen molar-refractivity contribution in [3.63, 3.8) is 0 Å². The van der Waals surface area contributed by atoms with E-state index >= 15 is 0 Å². The SMILES string of the molecule is C=C(Br)c1ccc(Cl)cc1F. The molecule has 0 atom stereocenters. The van der Waals surface area contributed by atoms with Crippen molar-refractivity contribution in [2.24, 2.45) is 0 Å². The van der Waals surface area contributed by atoms with Gasteiger partial charge in [-0.1, -0.05) is 34.1 Å². The highest BCUT2D eigenvalue weighted by Gasteiger charge is 2.02. The maximum atomic E-state index is 12.9. The minimum atomic E-state index is -0.362. The molecule has 0 nitrogen and oxygen atoms in total. The first-order valence-corrected chi connectivity index (χ1v) is 4.08. The number of halogens is 3. The summed E-state index contributed by atoms with van der Waals surface area (Å²) in [5, 5.41) is 0.389. The van der Waals surface area contributed by atoms with Crippen molar-refractivity contribution in [3.05, 3.63) is 41.2 Å². The van der Waals surface area contributed by atoms with Gasteiger partial charge in [-0.15, -0.1) is 0 Å². The molecule has 0 aromatic heterocycles. The Morgan fingerprint density at radius 2 is 2.18 bits per heavy atom. The normalized spacial score (nSPS) is 9.73. The van der Waals surface area contributed by atoms with E-state index in [1.54, 1.807) is 12.1 Å². The summed E-state index contributed by atoms with van der Waals surface area (Å²) in [7, 11) is 0.